The summed E-state index contributed by atoms with van der Waals surface area (Å²) in [5.41, 5.74) is 1.16. The van der Waals surface area contributed by atoms with Gasteiger partial charge in [0, 0.05) is 16.0 Å². The zero-order valence-corrected chi connectivity index (χ0v) is 8.38. The topological polar surface area (TPSA) is 37.6 Å². The van der Waals surface area contributed by atoms with E-state index in [9.17, 15) is 0 Å². The lowest BCUT2D eigenvalue weighted by atomic mass is 10.2. The highest BCUT2D eigenvalue weighted by molar-refractivity contribution is 5.57. The summed E-state index contributed by atoms with van der Waals surface area (Å²) < 4.78 is 0. The molecule has 0 N–H and O–H groups in total. The van der Waals surface area contributed by atoms with Crippen LogP contribution in [0.4, 0.5) is 5.82 Å². The molecule has 0 unspecified atom stereocenters. The SMILES string of the molecule is C1=c2cc3c(nc2N=N1)=c1ccccc1=C3. The van der Waals surface area contributed by atoms with Gasteiger partial charge >= 0.3 is 0 Å². The van der Waals surface area contributed by atoms with Crippen LogP contribution >= 0.6 is 0 Å². The molecular weight excluding hydrogens is 198 g/mol. The van der Waals surface area contributed by atoms with Gasteiger partial charge in [-0.25, -0.2) is 4.98 Å². The van der Waals surface area contributed by atoms with Crippen molar-refractivity contribution in [1.82, 2.24) is 4.98 Å². The van der Waals surface area contributed by atoms with Crippen molar-refractivity contribution in [2.75, 3.05) is 0 Å². The molecule has 1 aliphatic heterocycles. The number of hydrogen-bond acceptors (Lipinski definition) is 3. The molecule has 1 aromatic heterocycles. The van der Waals surface area contributed by atoms with Crippen molar-refractivity contribution in [1.29, 1.82) is 0 Å². The summed E-state index contributed by atoms with van der Waals surface area (Å²) >= 11 is 0. The van der Waals surface area contributed by atoms with Gasteiger partial charge in [-0.2, -0.15) is 5.11 Å². The molecule has 2 aromatic rings. The third-order valence-electron chi connectivity index (χ3n) is 2.94. The number of azo groups is 1. The van der Waals surface area contributed by atoms with Gasteiger partial charge in [0.05, 0.1) is 11.5 Å². The van der Waals surface area contributed by atoms with Gasteiger partial charge in [0.1, 0.15) is 0 Å². The third-order valence-corrected chi connectivity index (χ3v) is 2.94. The predicted octanol–water partition coefficient (Wildman–Crippen LogP) is 1.35. The first-order valence-corrected chi connectivity index (χ1v) is 5.15. The third kappa shape index (κ3) is 0.896. The van der Waals surface area contributed by atoms with E-state index in [0.717, 1.165) is 21.9 Å². The molecule has 1 aromatic carbocycles. The summed E-state index contributed by atoms with van der Waals surface area (Å²) in [6.45, 7) is 0. The van der Waals surface area contributed by atoms with Crippen LogP contribution in [0.15, 0.2) is 40.6 Å². The zero-order valence-electron chi connectivity index (χ0n) is 8.38. The zero-order chi connectivity index (χ0) is 10.5. The highest BCUT2D eigenvalue weighted by atomic mass is 15.2. The average molecular weight is 205 g/mol. The first-order valence-electron chi connectivity index (χ1n) is 5.15. The van der Waals surface area contributed by atoms with Gasteiger partial charge in [-0.1, -0.05) is 24.3 Å². The minimum atomic E-state index is 0.726. The lowest BCUT2D eigenvalue weighted by Gasteiger charge is -1.92. The summed E-state index contributed by atoms with van der Waals surface area (Å²) in [5.74, 6) is 0.726. The van der Waals surface area contributed by atoms with Crippen molar-refractivity contribution in [2.24, 2.45) is 10.2 Å². The minimum absolute atomic E-state index is 0.726. The molecule has 3 heteroatoms. The van der Waals surface area contributed by atoms with Crippen LogP contribution in [0, 0.1) is 10.6 Å². The minimum Gasteiger partial charge on any atom is -0.226 e. The Bertz CT molecular complexity index is 848. The van der Waals surface area contributed by atoms with Crippen molar-refractivity contribution in [3.63, 3.8) is 0 Å². The molecule has 0 bridgehead atoms. The first kappa shape index (κ1) is 7.93. The van der Waals surface area contributed by atoms with E-state index in [-0.39, 0.29) is 0 Å². The maximum absolute atomic E-state index is 4.55. The molecule has 0 saturated carbocycles. The van der Waals surface area contributed by atoms with E-state index < -0.39 is 0 Å². The Morgan fingerprint density at radius 3 is 2.94 bits per heavy atom. The van der Waals surface area contributed by atoms with Gasteiger partial charge in [0.25, 0.3) is 0 Å². The molecule has 74 valence electrons. The number of fused-ring (bicyclic) bond motifs is 3. The Morgan fingerprint density at radius 2 is 1.94 bits per heavy atom. The molecule has 16 heavy (non-hydrogen) atoms. The molecule has 0 atom stereocenters. The highest BCUT2D eigenvalue weighted by Crippen LogP contribution is 2.13. The number of rotatable bonds is 0. The Balaban J connectivity index is 2.31. The van der Waals surface area contributed by atoms with E-state index in [0.29, 0.717) is 0 Å². The number of pyridine rings is 1. The molecule has 0 fully saturated rings. The molecular formula is C13H7N3. The van der Waals surface area contributed by atoms with E-state index >= 15 is 0 Å². The fourth-order valence-electron chi connectivity index (χ4n) is 2.19. The lowest BCUT2D eigenvalue weighted by molar-refractivity contribution is 1.16. The Labute approximate surface area is 90.8 Å². The molecule has 0 amide bonds. The van der Waals surface area contributed by atoms with Crippen LogP contribution in [0.2, 0.25) is 0 Å². The Hall–Kier alpha value is -2.29. The second kappa shape index (κ2) is 2.64. The predicted molar refractivity (Wildman–Crippen MR) is 60.1 cm³/mol. The second-order valence-electron chi connectivity index (χ2n) is 3.92. The normalized spacial score (nSPS) is 13.8. The summed E-state index contributed by atoms with van der Waals surface area (Å²) in [4.78, 5) is 4.55. The van der Waals surface area contributed by atoms with Gasteiger partial charge in [-0.3, -0.25) is 0 Å². The van der Waals surface area contributed by atoms with Gasteiger partial charge in [0.2, 0.25) is 0 Å². The van der Waals surface area contributed by atoms with E-state index in [1.807, 2.05) is 12.1 Å². The van der Waals surface area contributed by atoms with E-state index in [4.69, 9.17) is 0 Å². The fourth-order valence-corrected chi connectivity index (χ4v) is 2.19. The van der Waals surface area contributed by atoms with E-state index in [1.54, 1.807) is 6.20 Å². The molecule has 1 aliphatic carbocycles. The Kier molecular flexibility index (Phi) is 1.31. The number of nitrogens with zero attached hydrogens (tertiary/aromatic N) is 3. The molecule has 0 radical (unpaired) electrons. The molecule has 3 nitrogen and oxygen atoms in total. The van der Waals surface area contributed by atoms with Crippen LogP contribution in [0.25, 0.3) is 12.3 Å². The summed E-state index contributed by atoms with van der Waals surface area (Å²) in [5, 5.41) is 12.3. The number of benzene rings is 1. The molecule has 0 saturated heterocycles. The molecule has 2 heterocycles. The van der Waals surface area contributed by atoms with Crippen LogP contribution in [0.5, 0.6) is 0 Å². The van der Waals surface area contributed by atoms with Crippen molar-refractivity contribution in [3.8, 4) is 0 Å². The molecule has 2 aliphatic rings. The van der Waals surface area contributed by atoms with Crippen LogP contribution in [0.3, 0.4) is 0 Å². The number of hydrogen-bond donors (Lipinski definition) is 0. The maximum Gasteiger partial charge on any atom is 0.183 e. The highest BCUT2D eigenvalue weighted by Gasteiger charge is 2.08. The monoisotopic (exact) mass is 205 g/mol. The van der Waals surface area contributed by atoms with Gasteiger partial charge < -0.3 is 0 Å². The van der Waals surface area contributed by atoms with Crippen molar-refractivity contribution in [3.05, 3.63) is 56.9 Å². The van der Waals surface area contributed by atoms with Crippen LogP contribution < -0.4 is 10.4 Å². The smallest absolute Gasteiger partial charge is 0.183 e. The van der Waals surface area contributed by atoms with Crippen molar-refractivity contribution >= 4 is 18.1 Å². The Morgan fingerprint density at radius 1 is 1.00 bits per heavy atom. The lowest BCUT2D eigenvalue weighted by Crippen LogP contribution is -2.01. The summed E-state index contributed by atoms with van der Waals surface area (Å²) in [7, 11) is 0. The summed E-state index contributed by atoms with van der Waals surface area (Å²) in [6, 6.07) is 10.4. The second-order valence-corrected chi connectivity index (χ2v) is 3.92. The first-order chi connectivity index (χ1) is 7.92. The number of aromatic nitrogens is 1. The molecule has 0 spiro atoms. The molecule has 4 rings (SSSR count). The van der Waals surface area contributed by atoms with Gasteiger partial charge in [0.15, 0.2) is 5.82 Å². The van der Waals surface area contributed by atoms with Gasteiger partial charge in [-0.15, -0.1) is 5.11 Å². The standard InChI is InChI=1S/C13H7N3/c1-2-4-11-8(3-1)5-9-6-10-7-14-16-13(10)15-12(9)11/h1-7H. The largest absolute Gasteiger partial charge is 0.226 e. The van der Waals surface area contributed by atoms with Crippen LogP contribution in [0.1, 0.15) is 5.56 Å². The summed E-state index contributed by atoms with van der Waals surface area (Å²) in [6.07, 6.45) is 3.91. The van der Waals surface area contributed by atoms with E-state index in [1.165, 1.54) is 10.4 Å². The van der Waals surface area contributed by atoms with Gasteiger partial charge in [-0.05, 0) is 17.4 Å². The van der Waals surface area contributed by atoms with Crippen LogP contribution in [-0.4, -0.2) is 4.98 Å². The van der Waals surface area contributed by atoms with Crippen LogP contribution in [-0.2, 0) is 0 Å². The van der Waals surface area contributed by atoms with Crippen molar-refractivity contribution in [2.45, 2.75) is 0 Å². The van der Waals surface area contributed by atoms with E-state index in [2.05, 4.69) is 39.5 Å². The average Bonchev–Trinajstić information content (AvgIpc) is 2.88. The maximum atomic E-state index is 4.55. The van der Waals surface area contributed by atoms with Crippen molar-refractivity contribution < 1.29 is 0 Å². The fraction of sp³-hybridized carbons (Fsp3) is 0. The quantitative estimate of drug-likeness (QED) is 0.545.